The minimum atomic E-state index is -3.41. The summed E-state index contributed by atoms with van der Waals surface area (Å²) in [6.45, 7) is 2.14. The van der Waals surface area contributed by atoms with E-state index in [2.05, 4.69) is 5.32 Å². The number of halogens is 1. The summed E-state index contributed by atoms with van der Waals surface area (Å²) in [6, 6.07) is 21.3. The van der Waals surface area contributed by atoms with Crippen molar-refractivity contribution in [1.29, 1.82) is 0 Å². The van der Waals surface area contributed by atoms with Gasteiger partial charge in [-0.05, 0) is 35.4 Å². The maximum absolute atomic E-state index is 12.8. The first kappa shape index (κ1) is 24.0. The first-order chi connectivity index (χ1) is 16.3. The lowest BCUT2D eigenvalue weighted by molar-refractivity contribution is -0.384. The fourth-order valence-electron chi connectivity index (χ4n) is 3.92. The highest BCUT2D eigenvalue weighted by atomic mass is 35.5. The zero-order valence-electron chi connectivity index (χ0n) is 18.4. The van der Waals surface area contributed by atoms with Crippen molar-refractivity contribution >= 4 is 38.7 Å². The maximum atomic E-state index is 12.8. The molecule has 1 aliphatic rings. The molecule has 0 unspecified atom stereocenters. The topological polar surface area (TPSA) is 95.8 Å². The van der Waals surface area contributed by atoms with Crippen LogP contribution >= 0.6 is 11.6 Å². The number of piperazine rings is 1. The number of nitro groups is 1. The van der Waals surface area contributed by atoms with E-state index in [1.54, 1.807) is 24.3 Å². The number of nitrogens with one attached hydrogen (secondary N) is 1. The van der Waals surface area contributed by atoms with Gasteiger partial charge in [-0.25, -0.2) is 8.42 Å². The molecule has 1 N–H and O–H groups in total. The highest BCUT2D eigenvalue weighted by Gasteiger charge is 2.28. The summed E-state index contributed by atoms with van der Waals surface area (Å²) in [4.78, 5) is 13.2. The first-order valence-electron chi connectivity index (χ1n) is 10.9. The third kappa shape index (κ3) is 5.85. The van der Waals surface area contributed by atoms with Crippen molar-refractivity contribution in [2.75, 3.05) is 36.4 Å². The molecule has 3 aromatic carbocycles. The van der Waals surface area contributed by atoms with Crippen LogP contribution in [0.1, 0.15) is 11.1 Å². The third-order valence-corrected chi connectivity index (χ3v) is 7.86. The molecule has 4 rings (SSSR count). The Morgan fingerprint density at radius 2 is 1.59 bits per heavy atom. The lowest BCUT2D eigenvalue weighted by Crippen LogP contribution is -2.49. The molecule has 0 atom stereocenters. The Morgan fingerprint density at radius 3 is 2.24 bits per heavy atom. The van der Waals surface area contributed by atoms with Crippen molar-refractivity contribution in [3.8, 4) is 0 Å². The second-order valence-corrected chi connectivity index (χ2v) is 10.5. The molecule has 0 bridgehead atoms. The van der Waals surface area contributed by atoms with Gasteiger partial charge in [0.2, 0.25) is 10.0 Å². The number of anilines is 2. The van der Waals surface area contributed by atoms with Gasteiger partial charge in [-0.1, -0.05) is 54.1 Å². The number of sulfonamides is 1. The van der Waals surface area contributed by atoms with Crippen LogP contribution < -0.4 is 10.2 Å². The van der Waals surface area contributed by atoms with Crippen LogP contribution in [0.4, 0.5) is 17.1 Å². The molecule has 1 heterocycles. The Hall–Kier alpha value is -3.14. The van der Waals surface area contributed by atoms with Gasteiger partial charge in [0.15, 0.2) is 0 Å². The molecule has 3 aromatic rings. The molecule has 34 heavy (non-hydrogen) atoms. The van der Waals surface area contributed by atoms with Crippen molar-refractivity contribution < 1.29 is 13.3 Å². The molecule has 0 amide bonds. The molecule has 0 aromatic heterocycles. The molecule has 0 aliphatic carbocycles. The molecule has 8 nitrogen and oxygen atoms in total. The number of nitrogens with zero attached hydrogens (tertiary/aromatic N) is 3. The van der Waals surface area contributed by atoms with E-state index in [0.29, 0.717) is 43.4 Å². The van der Waals surface area contributed by atoms with Crippen LogP contribution in [0.15, 0.2) is 72.8 Å². The summed E-state index contributed by atoms with van der Waals surface area (Å²) in [7, 11) is -3.41. The number of hydrogen-bond acceptors (Lipinski definition) is 6. The Kier molecular flexibility index (Phi) is 7.35. The van der Waals surface area contributed by atoms with Crippen LogP contribution in [-0.4, -0.2) is 43.8 Å². The molecule has 0 radical (unpaired) electrons. The van der Waals surface area contributed by atoms with Crippen molar-refractivity contribution in [3.05, 3.63) is 99.1 Å². The largest absolute Gasteiger partial charge is 0.375 e. The quantitative estimate of drug-likeness (QED) is 0.361. The van der Waals surface area contributed by atoms with Crippen LogP contribution in [0.3, 0.4) is 0 Å². The standard InChI is InChI=1S/C24H25ClN4O4S/c25-21-8-6-19(7-9-21)17-26-23-16-22(10-11-24(23)29(30)31)27-12-14-28(15-13-27)34(32,33)18-20-4-2-1-3-5-20/h1-11,16,26H,12-15,17-18H2. The van der Waals surface area contributed by atoms with Crippen LogP contribution in [-0.2, 0) is 22.3 Å². The average molecular weight is 501 g/mol. The van der Waals surface area contributed by atoms with E-state index in [0.717, 1.165) is 16.8 Å². The third-order valence-electron chi connectivity index (χ3n) is 5.76. The van der Waals surface area contributed by atoms with Crippen molar-refractivity contribution in [2.45, 2.75) is 12.3 Å². The summed E-state index contributed by atoms with van der Waals surface area (Å²) in [6.07, 6.45) is 0. The maximum Gasteiger partial charge on any atom is 0.292 e. The highest BCUT2D eigenvalue weighted by molar-refractivity contribution is 7.88. The van der Waals surface area contributed by atoms with Gasteiger partial charge in [0, 0.05) is 49.5 Å². The minimum absolute atomic E-state index is 0.0122. The first-order valence-corrected chi connectivity index (χ1v) is 12.8. The minimum Gasteiger partial charge on any atom is -0.375 e. The summed E-state index contributed by atoms with van der Waals surface area (Å²) >= 11 is 5.92. The number of rotatable bonds is 8. The zero-order valence-corrected chi connectivity index (χ0v) is 20.0. The van der Waals surface area contributed by atoms with Gasteiger partial charge in [-0.2, -0.15) is 4.31 Å². The van der Waals surface area contributed by atoms with Gasteiger partial charge in [0.05, 0.1) is 10.7 Å². The lowest BCUT2D eigenvalue weighted by atomic mass is 10.2. The van der Waals surface area contributed by atoms with Gasteiger partial charge < -0.3 is 10.2 Å². The van der Waals surface area contributed by atoms with Gasteiger partial charge in [-0.3, -0.25) is 10.1 Å². The SMILES string of the molecule is O=[N+]([O-])c1ccc(N2CCN(S(=O)(=O)Cc3ccccc3)CC2)cc1NCc1ccc(Cl)cc1. The van der Waals surface area contributed by atoms with E-state index in [1.807, 2.05) is 47.4 Å². The van der Waals surface area contributed by atoms with E-state index in [4.69, 9.17) is 11.6 Å². The average Bonchev–Trinajstić information content (AvgIpc) is 2.84. The summed E-state index contributed by atoms with van der Waals surface area (Å²) in [5.41, 5.74) is 2.92. The number of nitro benzene ring substituents is 1. The van der Waals surface area contributed by atoms with Crippen LogP contribution in [0, 0.1) is 10.1 Å². The summed E-state index contributed by atoms with van der Waals surface area (Å²) < 4.78 is 27.2. The zero-order chi connectivity index (χ0) is 24.1. The lowest BCUT2D eigenvalue weighted by Gasteiger charge is -2.35. The molecule has 0 spiro atoms. The molecule has 1 aliphatic heterocycles. The van der Waals surface area contributed by atoms with E-state index in [-0.39, 0.29) is 11.4 Å². The van der Waals surface area contributed by atoms with Crippen molar-refractivity contribution in [1.82, 2.24) is 4.31 Å². The molecule has 0 saturated carbocycles. The van der Waals surface area contributed by atoms with Gasteiger partial charge in [0.1, 0.15) is 5.69 Å². The molecule has 10 heteroatoms. The summed E-state index contributed by atoms with van der Waals surface area (Å²) in [5, 5.41) is 15.3. The fraction of sp³-hybridized carbons (Fsp3) is 0.250. The molecule has 1 fully saturated rings. The van der Waals surface area contributed by atoms with Crippen LogP contribution in [0.2, 0.25) is 5.02 Å². The second kappa shape index (κ2) is 10.4. The Labute approximate surface area is 204 Å². The van der Waals surface area contributed by atoms with Crippen molar-refractivity contribution in [3.63, 3.8) is 0 Å². The van der Waals surface area contributed by atoms with Crippen molar-refractivity contribution in [2.24, 2.45) is 0 Å². The highest BCUT2D eigenvalue weighted by Crippen LogP contribution is 2.31. The molecular weight excluding hydrogens is 476 g/mol. The van der Waals surface area contributed by atoms with E-state index in [9.17, 15) is 18.5 Å². The predicted molar refractivity (Wildman–Crippen MR) is 135 cm³/mol. The van der Waals surface area contributed by atoms with Gasteiger partial charge in [0.25, 0.3) is 5.69 Å². The normalized spacial score (nSPS) is 14.7. The Balaban J connectivity index is 1.43. The monoisotopic (exact) mass is 500 g/mol. The number of hydrogen-bond donors (Lipinski definition) is 1. The predicted octanol–water partition coefficient (Wildman–Crippen LogP) is 4.51. The van der Waals surface area contributed by atoms with E-state index < -0.39 is 14.9 Å². The van der Waals surface area contributed by atoms with E-state index >= 15 is 0 Å². The second-order valence-electron chi connectivity index (χ2n) is 8.07. The van der Waals surface area contributed by atoms with Crippen LogP contribution in [0.25, 0.3) is 0 Å². The summed E-state index contributed by atoms with van der Waals surface area (Å²) in [5.74, 6) is -0.0237. The molecule has 178 valence electrons. The molecule has 1 saturated heterocycles. The van der Waals surface area contributed by atoms with Gasteiger partial charge in [-0.15, -0.1) is 0 Å². The van der Waals surface area contributed by atoms with E-state index in [1.165, 1.54) is 10.4 Å². The smallest absolute Gasteiger partial charge is 0.292 e. The van der Waals surface area contributed by atoms with Gasteiger partial charge >= 0.3 is 0 Å². The fourth-order valence-corrected chi connectivity index (χ4v) is 5.56. The van der Waals surface area contributed by atoms with Crippen LogP contribution in [0.5, 0.6) is 0 Å². The number of benzene rings is 3. The Morgan fingerprint density at radius 1 is 0.912 bits per heavy atom. The Bertz CT molecular complexity index is 1250. The molecular formula is C24H25ClN4O4S.